The van der Waals surface area contributed by atoms with Crippen LogP contribution in [0.5, 0.6) is 11.5 Å². The Bertz CT molecular complexity index is 932. The largest absolute Gasteiger partial charge is 0.457 e. The second-order valence-electron chi connectivity index (χ2n) is 9.68. The molecule has 2 saturated carbocycles. The van der Waals surface area contributed by atoms with Crippen molar-refractivity contribution in [2.75, 3.05) is 19.0 Å². The Morgan fingerprint density at radius 3 is 2.48 bits per heavy atom. The number of rotatable bonds is 3. The van der Waals surface area contributed by atoms with Crippen molar-refractivity contribution in [2.24, 2.45) is 17.3 Å². The van der Waals surface area contributed by atoms with Gasteiger partial charge >= 0.3 is 0 Å². The monoisotopic (exact) mass is 389 g/mol. The lowest BCUT2D eigenvalue weighted by Gasteiger charge is -2.48. The molecule has 3 heteroatoms. The summed E-state index contributed by atoms with van der Waals surface area (Å²) in [5.41, 5.74) is 4.09. The van der Waals surface area contributed by atoms with Crippen LogP contribution in [-0.4, -0.2) is 19.9 Å². The number of hydrogen-bond donors (Lipinski definition) is 0. The summed E-state index contributed by atoms with van der Waals surface area (Å²) in [7, 11) is 4.09. The third-order valence-electron chi connectivity index (χ3n) is 8.00. The number of fused-ring (bicyclic) bond motifs is 5. The summed E-state index contributed by atoms with van der Waals surface area (Å²) < 4.78 is 6.15. The van der Waals surface area contributed by atoms with Crippen molar-refractivity contribution in [3.05, 3.63) is 53.6 Å². The van der Waals surface area contributed by atoms with Crippen LogP contribution in [0, 0.1) is 17.3 Å². The van der Waals surface area contributed by atoms with Gasteiger partial charge in [0.25, 0.3) is 0 Å². The van der Waals surface area contributed by atoms with Crippen LogP contribution >= 0.6 is 0 Å². The Morgan fingerprint density at radius 2 is 1.72 bits per heavy atom. The number of nitrogens with zero attached hydrogens (tertiary/aromatic N) is 1. The first-order valence-corrected chi connectivity index (χ1v) is 11.1. The molecule has 0 unspecified atom stereocenters. The van der Waals surface area contributed by atoms with Gasteiger partial charge in [0, 0.05) is 31.6 Å². The SMILES string of the molecule is CN(C)c1ccc(Oc2ccc3c(c2)CC[C@H]2[C@@H]3CC[C@@]3(C)C(=O)CC[C@@H]23)cc1. The molecule has 0 saturated heterocycles. The van der Waals surface area contributed by atoms with Crippen LogP contribution in [0.3, 0.4) is 0 Å². The summed E-state index contributed by atoms with van der Waals surface area (Å²) in [6.07, 6.45) is 6.45. The number of Topliss-reactive ketones (excluding diaryl/α,β-unsaturated/α-hetero) is 1. The summed E-state index contributed by atoms with van der Waals surface area (Å²) in [5, 5.41) is 0. The van der Waals surface area contributed by atoms with Crippen molar-refractivity contribution in [1.29, 1.82) is 0 Å². The van der Waals surface area contributed by atoms with Crippen molar-refractivity contribution < 1.29 is 9.53 Å². The number of anilines is 1. The molecule has 0 bridgehead atoms. The van der Waals surface area contributed by atoms with E-state index in [9.17, 15) is 4.79 Å². The zero-order chi connectivity index (χ0) is 20.2. The molecular formula is C26H31NO2. The maximum Gasteiger partial charge on any atom is 0.139 e. The number of carbonyl (C=O) groups excluding carboxylic acids is 1. The van der Waals surface area contributed by atoms with E-state index >= 15 is 0 Å². The normalized spacial score (nSPS) is 30.3. The molecule has 2 fully saturated rings. The van der Waals surface area contributed by atoms with Gasteiger partial charge in [0.15, 0.2) is 0 Å². The van der Waals surface area contributed by atoms with E-state index in [1.54, 1.807) is 0 Å². The molecule has 0 aliphatic heterocycles. The number of carbonyl (C=O) groups is 1. The average molecular weight is 390 g/mol. The average Bonchev–Trinajstić information content (AvgIpc) is 3.03. The first-order chi connectivity index (χ1) is 14.0. The summed E-state index contributed by atoms with van der Waals surface area (Å²) in [6, 6.07) is 14.9. The molecule has 3 aliphatic carbocycles. The second kappa shape index (κ2) is 6.90. The van der Waals surface area contributed by atoms with Crippen LogP contribution < -0.4 is 9.64 Å². The smallest absolute Gasteiger partial charge is 0.139 e. The van der Waals surface area contributed by atoms with Crippen molar-refractivity contribution >= 4 is 11.5 Å². The number of ether oxygens (including phenoxy) is 1. The molecule has 0 heterocycles. The van der Waals surface area contributed by atoms with Gasteiger partial charge in [0.1, 0.15) is 17.3 Å². The minimum Gasteiger partial charge on any atom is -0.457 e. The van der Waals surface area contributed by atoms with E-state index in [0.717, 1.165) is 43.6 Å². The summed E-state index contributed by atoms with van der Waals surface area (Å²) in [5.74, 6) is 4.22. The quantitative estimate of drug-likeness (QED) is 0.648. The van der Waals surface area contributed by atoms with Crippen LogP contribution in [0.1, 0.15) is 56.1 Å². The van der Waals surface area contributed by atoms with E-state index in [1.165, 1.54) is 23.2 Å². The van der Waals surface area contributed by atoms with Gasteiger partial charge in [0.05, 0.1) is 0 Å². The lowest BCUT2D eigenvalue weighted by molar-refractivity contribution is -0.129. The molecule has 5 rings (SSSR count). The first-order valence-electron chi connectivity index (χ1n) is 11.1. The van der Waals surface area contributed by atoms with E-state index in [1.807, 2.05) is 26.2 Å². The van der Waals surface area contributed by atoms with E-state index in [-0.39, 0.29) is 5.41 Å². The van der Waals surface area contributed by atoms with Crippen molar-refractivity contribution in [3.63, 3.8) is 0 Å². The van der Waals surface area contributed by atoms with Crippen LogP contribution in [0.4, 0.5) is 5.69 Å². The molecule has 0 N–H and O–H groups in total. The van der Waals surface area contributed by atoms with Gasteiger partial charge in [-0.05, 0) is 97.4 Å². The molecule has 0 spiro atoms. The van der Waals surface area contributed by atoms with Crippen molar-refractivity contribution in [3.8, 4) is 11.5 Å². The predicted octanol–water partition coefficient (Wildman–Crippen LogP) is 5.97. The highest BCUT2D eigenvalue weighted by atomic mass is 16.5. The van der Waals surface area contributed by atoms with Gasteiger partial charge in [-0.3, -0.25) is 4.79 Å². The summed E-state index contributed by atoms with van der Waals surface area (Å²) in [6.45, 7) is 2.25. The first kappa shape index (κ1) is 18.7. The maximum atomic E-state index is 12.5. The molecule has 0 amide bonds. The number of aryl methyl sites for hydroxylation is 1. The summed E-state index contributed by atoms with van der Waals surface area (Å²) >= 11 is 0. The van der Waals surface area contributed by atoms with E-state index < -0.39 is 0 Å². The highest BCUT2D eigenvalue weighted by Crippen LogP contribution is 2.59. The molecule has 29 heavy (non-hydrogen) atoms. The molecule has 2 aromatic carbocycles. The Balaban J connectivity index is 1.36. The highest BCUT2D eigenvalue weighted by Gasteiger charge is 2.54. The van der Waals surface area contributed by atoms with Crippen molar-refractivity contribution in [1.82, 2.24) is 0 Å². The van der Waals surface area contributed by atoms with Crippen LogP contribution in [0.2, 0.25) is 0 Å². The summed E-state index contributed by atoms with van der Waals surface area (Å²) in [4.78, 5) is 14.6. The van der Waals surface area contributed by atoms with E-state index in [0.29, 0.717) is 23.5 Å². The third kappa shape index (κ3) is 3.06. The Morgan fingerprint density at radius 1 is 0.966 bits per heavy atom. The lowest BCUT2D eigenvalue weighted by atomic mass is 9.55. The minimum atomic E-state index is -0.0412. The molecular weight excluding hydrogens is 358 g/mol. The molecule has 2 aromatic rings. The molecule has 3 aliphatic rings. The standard InChI is InChI=1S/C26H31NO2/c1-26-15-14-22-21-11-9-20(29-19-7-5-18(6-8-19)27(2)3)16-17(21)4-10-23(22)24(26)12-13-25(26)28/h5-9,11,16,22-24H,4,10,12-15H2,1-3H3/t22-,23+,24+,26-/m1/s1. The van der Waals surface area contributed by atoms with Gasteiger partial charge in [-0.15, -0.1) is 0 Å². The zero-order valence-electron chi connectivity index (χ0n) is 17.8. The molecule has 3 nitrogen and oxygen atoms in total. The van der Waals surface area contributed by atoms with Crippen LogP contribution in [-0.2, 0) is 11.2 Å². The fourth-order valence-electron chi connectivity index (χ4n) is 6.34. The predicted molar refractivity (Wildman–Crippen MR) is 117 cm³/mol. The lowest BCUT2D eigenvalue weighted by Crippen LogP contribution is -2.42. The third-order valence-corrected chi connectivity index (χ3v) is 8.00. The number of benzene rings is 2. The van der Waals surface area contributed by atoms with Crippen LogP contribution in [0.15, 0.2) is 42.5 Å². The minimum absolute atomic E-state index is 0.0412. The fourth-order valence-corrected chi connectivity index (χ4v) is 6.34. The Hall–Kier alpha value is -2.29. The maximum absolute atomic E-state index is 12.5. The van der Waals surface area contributed by atoms with E-state index in [2.05, 4.69) is 42.2 Å². The van der Waals surface area contributed by atoms with E-state index in [4.69, 9.17) is 4.74 Å². The van der Waals surface area contributed by atoms with Crippen molar-refractivity contribution in [2.45, 2.75) is 51.4 Å². The van der Waals surface area contributed by atoms with Gasteiger partial charge < -0.3 is 9.64 Å². The van der Waals surface area contributed by atoms with Gasteiger partial charge in [-0.25, -0.2) is 0 Å². The topological polar surface area (TPSA) is 29.5 Å². The molecule has 152 valence electrons. The highest BCUT2D eigenvalue weighted by molar-refractivity contribution is 5.87. The van der Waals surface area contributed by atoms with Gasteiger partial charge in [0.2, 0.25) is 0 Å². The van der Waals surface area contributed by atoms with Crippen LogP contribution in [0.25, 0.3) is 0 Å². The second-order valence-corrected chi connectivity index (χ2v) is 9.68. The number of hydrogen-bond acceptors (Lipinski definition) is 3. The molecule has 0 aromatic heterocycles. The zero-order valence-corrected chi connectivity index (χ0v) is 17.8. The molecule has 0 radical (unpaired) electrons. The Kier molecular flexibility index (Phi) is 4.45. The Labute approximate surface area is 174 Å². The van der Waals surface area contributed by atoms with Gasteiger partial charge in [-0.2, -0.15) is 0 Å². The molecule has 4 atom stereocenters. The number of ketones is 1. The fraction of sp³-hybridized carbons (Fsp3) is 0.500. The van der Waals surface area contributed by atoms with Gasteiger partial charge in [-0.1, -0.05) is 13.0 Å².